The third kappa shape index (κ3) is 21.9. The average molecular weight is 1980 g/mol. The van der Waals surface area contributed by atoms with Crippen molar-refractivity contribution in [2.75, 3.05) is 26.4 Å². The summed E-state index contributed by atoms with van der Waals surface area (Å²) in [6.07, 6.45) is -48.6. The van der Waals surface area contributed by atoms with E-state index in [1.165, 1.54) is 27.7 Å². The summed E-state index contributed by atoms with van der Waals surface area (Å²) < 4.78 is 374. The quantitative estimate of drug-likeness (QED) is 0.0375. The first-order valence-corrected chi connectivity index (χ1v) is 40.1. The Labute approximate surface area is 736 Å². The van der Waals surface area contributed by atoms with Gasteiger partial charge in [0.15, 0.2) is 19.8 Å². The maximum Gasteiger partial charge on any atom is 0.559 e. The summed E-state index contributed by atoms with van der Waals surface area (Å²) in [6, 6.07) is 0. The highest BCUT2D eigenvalue weighted by atomic mass is 19.5. The molecule has 10 bridgehead atoms. The molecule has 0 N–H and O–H groups in total. The zero-order chi connectivity index (χ0) is 101. The molecule has 5 saturated heterocycles. The monoisotopic (exact) mass is 1980 g/mol. The number of fused-ring (bicyclic) bond motifs is 5. The van der Waals surface area contributed by atoms with E-state index in [1.807, 2.05) is 0 Å². The first kappa shape index (κ1) is 105. The second kappa shape index (κ2) is 38.4. The van der Waals surface area contributed by atoms with Crippen LogP contribution in [0.3, 0.4) is 0 Å². The molecule has 15 aliphatic rings. The van der Waals surface area contributed by atoms with Gasteiger partial charge < -0.3 is 71.1 Å². The number of alkyl halides is 25. The second-order valence-corrected chi connectivity index (χ2v) is 34.1. The number of carbonyl (C=O) groups excluding carboxylic acids is 15. The van der Waals surface area contributed by atoms with Crippen LogP contribution in [0.1, 0.15) is 79.6 Å². The van der Waals surface area contributed by atoms with E-state index in [4.69, 9.17) is 52.1 Å². The minimum absolute atomic E-state index is 0.0167. The summed E-state index contributed by atoms with van der Waals surface area (Å²) in [5, 5.41) is 0. The summed E-state index contributed by atoms with van der Waals surface area (Å²) in [7, 11) is 0. The number of hydrogen-bond acceptors (Lipinski definition) is 30. The van der Waals surface area contributed by atoms with Gasteiger partial charge in [-0.25, -0.2) is 28.0 Å². The van der Waals surface area contributed by atoms with Gasteiger partial charge in [0.25, 0.3) is 6.10 Å². The van der Waals surface area contributed by atoms with Gasteiger partial charge in [-0.1, -0.05) is 33.2 Å². The summed E-state index contributed by atoms with van der Waals surface area (Å²) in [6.45, 7) is 14.4. The molecule has 30 atom stereocenters. The van der Waals surface area contributed by atoms with Gasteiger partial charge in [-0.05, 0) is 59.8 Å². The predicted octanol–water partition coefficient (Wildman–Crippen LogP) is 10.5. The Balaban J connectivity index is 0.000000171. The van der Waals surface area contributed by atoms with E-state index in [0.717, 1.165) is 0 Å². The maximum absolute atomic E-state index is 13.0. The minimum Gasteiger partial charge on any atom is -0.465 e. The molecule has 5 aliphatic heterocycles. The van der Waals surface area contributed by atoms with Crippen LogP contribution in [0.2, 0.25) is 0 Å². The van der Waals surface area contributed by atoms with Crippen LogP contribution in [0.15, 0.2) is 48.6 Å². The zero-order valence-corrected chi connectivity index (χ0v) is 69.3. The van der Waals surface area contributed by atoms with E-state index in [1.54, 1.807) is 6.92 Å². The molecule has 0 aromatic rings. The highest BCUT2D eigenvalue weighted by Gasteiger charge is 2.77. The molecule has 748 valence electrons. The summed E-state index contributed by atoms with van der Waals surface area (Å²) in [5.41, 5.74) is 0.336. The van der Waals surface area contributed by atoms with Gasteiger partial charge in [0.1, 0.15) is 61.0 Å². The molecule has 30 nitrogen and oxygen atoms in total. The molecular weight excluding hydrogens is 1900 g/mol. The van der Waals surface area contributed by atoms with Gasteiger partial charge >= 0.3 is 145 Å². The van der Waals surface area contributed by atoms with Crippen LogP contribution in [0.5, 0.6) is 0 Å². The van der Waals surface area contributed by atoms with Crippen LogP contribution in [0, 0.1) is 118 Å². The van der Waals surface area contributed by atoms with E-state index >= 15 is 0 Å². The third-order valence-corrected chi connectivity index (χ3v) is 25.4. The molecule has 0 spiro atoms. The number of hydrogen-bond donors (Lipinski definition) is 0. The molecule has 10 aliphatic carbocycles. The number of ether oxygens (including phenoxy) is 15. The van der Waals surface area contributed by atoms with Crippen molar-refractivity contribution in [1.82, 2.24) is 0 Å². The molecule has 0 radical (unpaired) electrons. The van der Waals surface area contributed by atoms with Crippen LogP contribution in [0.4, 0.5) is 110 Å². The van der Waals surface area contributed by atoms with Crippen molar-refractivity contribution in [2.24, 2.45) is 118 Å². The average Bonchev–Trinajstić information content (AvgIpc) is 1.57. The van der Waals surface area contributed by atoms with Crippen LogP contribution in [-0.2, 0) is 143 Å². The number of rotatable bonds is 24. The van der Waals surface area contributed by atoms with Crippen molar-refractivity contribution >= 4 is 89.5 Å². The predicted molar refractivity (Wildman–Crippen MR) is 373 cm³/mol. The highest BCUT2D eigenvalue weighted by molar-refractivity contribution is 5.93. The number of esters is 15. The van der Waals surface area contributed by atoms with Crippen LogP contribution >= 0.6 is 0 Å². The smallest absolute Gasteiger partial charge is 0.465 e. The standard InChI is InChI=1S/C16H14F6O6.C16H15F5O6.C16H17F3O6.C15H16F4O6.C15H15F3O6.CF4/c1-4(2)11(23)26-9-6-3-5-7(12(24)27-10(5)9)8(6)13(25)28-14(15(17,18)19)16(20,21)22;1-5(2)12(22)26-10-6-3-7-9(14(24)27-11(7)10)8(6)13(23)25-4-15(17,18)16(19,20)21;1-6(2)13(20)24-11-7-5-8-10(15(22)25-12(8)11)9(7)14(21)23-4-3-16(17,18)19;1-2-7(20)24-10-5-3-6-9(13(22)25-11(6)10)8(5)12(21)23-4-15(18,19)14(16)17;1-5(2)12(19)23-10-6-3-7-9(14(21)24-11(7)10)8(6)13(20)22-4-15(16,17)18;2-1(3,4)5/h5-10,14H,1,3H2,2H3;6-11H,1,3-4H2,2H3;7-12H,1,3-5H2,2H3;5-6,8-11,14H,2-4H2,1H3;6-11H,1,3-4H2,2H3;. The van der Waals surface area contributed by atoms with Crippen LogP contribution in [0.25, 0.3) is 0 Å². The van der Waals surface area contributed by atoms with E-state index in [-0.39, 0.29) is 59.3 Å². The molecule has 5 heterocycles. The fourth-order valence-electron chi connectivity index (χ4n) is 20.3. The van der Waals surface area contributed by atoms with Crippen molar-refractivity contribution in [2.45, 2.75) is 202 Å². The van der Waals surface area contributed by atoms with Gasteiger partial charge in [0.2, 0.25) is 0 Å². The van der Waals surface area contributed by atoms with Crippen molar-refractivity contribution < 1.29 is 253 Å². The normalized spacial score (nSPS) is 34.3. The molecular formula is C79H77F25O30. The van der Waals surface area contributed by atoms with Crippen molar-refractivity contribution in [1.29, 1.82) is 0 Å². The summed E-state index contributed by atoms with van der Waals surface area (Å²) in [5.74, 6) is -39.8. The first-order chi connectivity index (χ1) is 61.4. The van der Waals surface area contributed by atoms with Gasteiger partial charge in [-0.2, -0.15) is 83.4 Å². The van der Waals surface area contributed by atoms with Crippen LogP contribution < -0.4 is 0 Å². The Morgan fingerprint density at radius 1 is 0.351 bits per heavy atom. The third-order valence-electron chi connectivity index (χ3n) is 25.4. The zero-order valence-electron chi connectivity index (χ0n) is 69.3. The number of carbonyl (C=O) groups is 15. The molecule has 15 rings (SSSR count). The topological polar surface area (TPSA) is 394 Å². The lowest BCUT2D eigenvalue weighted by molar-refractivity contribution is -0.315. The van der Waals surface area contributed by atoms with Gasteiger partial charge in [0, 0.05) is 87.9 Å². The second-order valence-electron chi connectivity index (χ2n) is 34.1. The maximum atomic E-state index is 13.0. The molecule has 55 heteroatoms. The number of halogens is 25. The molecule has 30 unspecified atom stereocenters. The lowest BCUT2D eigenvalue weighted by Crippen LogP contribution is -2.49. The van der Waals surface area contributed by atoms with Gasteiger partial charge in [-0.3, -0.25) is 52.7 Å². The fraction of sp³-hybridized carbons (Fsp3) is 0.709. The Hall–Kier alpha value is -10.7. The van der Waals surface area contributed by atoms with E-state index < -0.39 is 346 Å². The Bertz CT molecular complexity index is 4650. The molecule has 0 aromatic heterocycles. The van der Waals surface area contributed by atoms with E-state index in [2.05, 4.69) is 45.3 Å². The molecule has 10 saturated carbocycles. The van der Waals surface area contributed by atoms with Crippen molar-refractivity contribution in [3.63, 3.8) is 0 Å². The van der Waals surface area contributed by atoms with E-state index in [9.17, 15) is 182 Å². The Kier molecular flexibility index (Phi) is 30.2. The van der Waals surface area contributed by atoms with E-state index in [0.29, 0.717) is 19.3 Å². The SMILES string of the molecule is C=C(C)C(=O)OC1C2CC3C1OC(=O)C3C2C(=O)OC(C(F)(F)F)C(F)(F)F.C=C(C)C(=O)OC1C2CC3C1OC(=O)C3C2C(=O)OCC(F)(F)C(F)(F)F.C=C(C)C(=O)OC1C2CC3C1OC(=O)C3C2C(=O)OCC(F)(F)F.C=C(C)C(=O)OC1C2CC3C1OC(=O)C3C2C(=O)OCCC(F)(F)F.CCC(=O)OC1C2CC3C1OC(=O)C3C2C(=O)OCC(F)(F)C(F)F.FC(F)(F)F. The summed E-state index contributed by atoms with van der Waals surface area (Å²) >= 11 is 0. The molecule has 134 heavy (non-hydrogen) atoms. The van der Waals surface area contributed by atoms with Gasteiger partial charge in [-0.15, -0.1) is 17.6 Å². The lowest BCUT2D eigenvalue weighted by atomic mass is 9.78. The van der Waals surface area contributed by atoms with Crippen molar-refractivity contribution in [3.05, 3.63) is 48.6 Å². The van der Waals surface area contributed by atoms with Crippen molar-refractivity contribution in [3.8, 4) is 0 Å². The lowest BCUT2D eigenvalue weighted by Gasteiger charge is -2.31. The minimum atomic E-state index is -5.88. The Morgan fingerprint density at radius 2 is 0.597 bits per heavy atom. The molecule has 0 amide bonds. The molecule has 15 fully saturated rings. The first-order valence-electron chi connectivity index (χ1n) is 40.1. The van der Waals surface area contributed by atoms with Gasteiger partial charge in [0.05, 0.1) is 72.2 Å². The Morgan fingerprint density at radius 3 is 0.828 bits per heavy atom. The fourth-order valence-corrected chi connectivity index (χ4v) is 20.3. The highest BCUT2D eigenvalue weighted by Crippen LogP contribution is 2.65. The summed E-state index contributed by atoms with van der Waals surface area (Å²) in [4.78, 5) is 180. The molecule has 0 aromatic carbocycles. The van der Waals surface area contributed by atoms with Crippen LogP contribution in [-0.4, -0.2) is 239 Å². The largest absolute Gasteiger partial charge is 0.559 e.